The summed E-state index contributed by atoms with van der Waals surface area (Å²) in [5.74, 6) is -3.78. The standard InChI is InChI=1S/C40H51N3O8/c1-7-9-20-31(45)41-28(25-49-6)34(27-18-14-11-15-19-27)50-38(48)32-30-21-22-40(51-30)33(32)36(46)43(29(24-44)26-16-12-10-13-17-26)35(40)37(47)42(23-8-2)39(3,4)5/h7-8,10-19,28-30,32-35,44H,1-2,9,20-25H2,3-6H3,(H,41,45)/t28-,29-,30+,32-,33-,34-,35+,40-/m1/s1. The topological polar surface area (TPSA) is 135 Å². The minimum Gasteiger partial charge on any atom is -0.455 e. The van der Waals surface area contributed by atoms with Crippen LogP contribution in [0.2, 0.25) is 0 Å². The van der Waals surface area contributed by atoms with Crippen molar-refractivity contribution < 1.29 is 38.5 Å². The Hall–Kier alpha value is -4.32. The lowest BCUT2D eigenvalue weighted by molar-refractivity contribution is -0.164. The number of ether oxygens (including phenoxy) is 3. The van der Waals surface area contributed by atoms with Crippen molar-refractivity contribution in [3.8, 4) is 0 Å². The number of amides is 3. The molecule has 274 valence electrons. The molecule has 51 heavy (non-hydrogen) atoms. The van der Waals surface area contributed by atoms with Crippen LogP contribution in [0.5, 0.6) is 0 Å². The third-order valence-corrected chi connectivity index (χ3v) is 10.3. The molecule has 3 saturated heterocycles. The monoisotopic (exact) mass is 701 g/mol. The van der Waals surface area contributed by atoms with E-state index in [2.05, 4.69) is 18.5 Å². The summed E-state index contributed by atoms with van der Waals surface area (Å²) in [5, 5.41) is 13.8. The van der Waals surface area contributed by atoms with E-state index in [-0.39, 0.29) is 31.4 Å². The summed E-state index contributed by atoms with van der Waals surface area (Å²) in [6.45, 7) is 13.1. The van der Waals surface area contributed by atoms with Gasteiger partial charge in [-0.1, -0.05) is 72.8 Å². The lowest BCUT2D eigenvalue weighted by Crippen LogP contribution is -2.60. The summed E-state index contributed by atoms with van der Waals surface area (Å²) in [5.41, 5.74) is -0.679. The lowest BCUT2D eigenvalue weighted by Gasteiger charge is -2.43. The number of benzene rings is 2. The highest BCUT2D eigenvalue weighted by atomic mass is 16.6. The maximum atomic E-state index is 14.9. The summed E-state index contributed by atoms with van der Waals surface area (Å²) in [6.07, 6.45) is 3.15. The maximum Gasteiger partial charge on any atom is 0.313 e. The van der Waals surface area contributed by atoms with Gasteiger partial charge in [0.1, 0.15) is 17.7 Å². The van der Waals surface area contributed by atoms with E-state index in [0.29, 0.717) is 30.4 Å². The summed E-state index contributed by atoms with van der Waals surface area (Å²) >= 11 is 0. The smallest absolute Gasteiger partial charge is 0.313 e. The van der Waals surface area contributed by atoms with Gasteiger partial charge in [-0.2, -0.15) is 0 Å². The number of aliphatic hydroxyl groups is 1. The summed E-state index contributed by atoms with van der Waals surface area (Å²) in [4.78, 5) is 60.3. The molecule has 0 saturated carbocycles. The Morgan fingerprint density at radius 2 is 1.73 bits per heavy atom. The van der Waals surface area contributed by atoms with Gasteiger partial charge in [0.25, 0.3) is 0 Å². The van der Waals surface area contributed by atoms with Crippen LogP contribution in [-0.4, -0.2) is 94.8 Å². The van der Waals surface area contributed by atoms with Crippen molar-refractivity contribution in [2.75, 3.05) is 26.9 Å². The molecule has 5 rings (SSSR count). The van der Waals surface area contributed by atoms with Gasteiger partial charge in [-0.25, -0.2) is 0 Å². The Morgan fingerprint density at radius 1 is 1.08 bits per heavy atom. The molecule has 3 heterocycles. The first-order chi connectivity index (χ1) is 24.4. The van der Waals surface area contributed by atoms with Crippen molar-refractivity contribution in [1.29, 1.82) is 0 Å². The van der Waals surface area contributed by atoms with Crippen LogP contribution >= 0.6 is 0 Å². The van der Waals surface area contributed by atoms with E-state index in [1.165, 1.54) is 12.0 Å². The Morgan fingerprint density at radius 3 is 2.29 bits per heavy atom. The number of aliphatic hydroxyl groups excluding tert-OH is 1. The molecule has 3 amide bonds. The van der Waals surface area contributed by atoms with Crippen molar-refractivity contribution in [3.05, 3.63) is 97.1 Å². The highest BCUT2D eigenvalue weighted by Gasteiger charge is 2.76. The number of carbonyl (C=O) groups excluding carboxylic acids is 4. The van der Waals surface area contributed by atoms with Gasteiger partial charge in [0.05, 0.1) is 43.2 Å². The third kappa shape index (κ3) is 7.38. The number of nitrogens with zero attached hydrogens (tertiary/aromatic N) is 2. The molecule has 2 bridgehead atoms. The molecule has 11 heteroatoms. The first kappa shape index (κ1) is 37.9. The number of fused-ring (bicyclic) bond motifs is 1. The highest BCUT2D eigenvalue weighted by Crippen LogP contribution is 2.60. The minimum atomic E-state index is -1.33. The van der Waals surface area contributed by atoms with E-state index in [4.69, 9.17) is 14.2 Å². The minimum absolute atomic E-state index is 0.0507. The molecule has 11 nitrogen and oxygen atoms in total. The molecule has 3 fully saturated rings. The zero-order valence-electron chi connectivity index (χ0n) is 30.0. The molecule has 0 aromatic heterocycles. The Bertz CT molecular complexity index is 1580. The number of hydrogen-bond donors (Lipinski definition) is 2. The molecule has 2 aromatic rings. The molecule has 0 aliphatic carbocycles. The average Bonchev–Trinajstić information content (AvgIpc) is 3.76. The fourth-order valence-electron chi connectivity index (χ4n) is 8.10. The van der Waals surface area contributed by atoms with E-state index >= 15 is 0 Å². The molecule has 2 N–H and O–H groups in total. The van der Waals surface area contributed by atoms with Crippen LogP contribution in [-0.2, 0) is 33.4 Å². The number of hydrogen-bond acceptors (Lipinski definition) is 8. The van der Waals surface area contributed by atoms with Gasteiger partial charge < -0.3 is 34.4 Å². The molecular formula is C40H51N3O8. The molecule has 0 radical (unpaired) electrons. The van der Waals surface area contributed by atoms with Gasteiger partial charge in [0.2, 0.25) is 17.7 Å². The van der Waals surface area contributed by atoms with Gasteiger partial charge in [0, 0.05) is 25.6 Å². The van der Waals surface area contributed by atoms with E-state index < -0.39 is 71.8 Å². The van der Waals surface area contributed by atoms with Crippen molar-refractivity contribution in [2.45, 2.75) is 87.9 Å². The average molecular weight is 702 g/mol. The van der Waals surface area contributed by atoms with Crippen molar-refractivity contribution >= 4 is 23.7 Å². The summed E-state index contributed by atoms with van der Waals surface area (Å²) < 4.78 is 18.5. The van der Waals surface area contributed by atoms with E-state index in [1.807, 2.05) is 57.2 Å². The molecule has 1 spiro atoms. The number of allylic oxidation sites excluding steroid dienone is 1. The fourth-order valence-corrected chi connectivity index (χ4v) is 8.10. The zero-order chi connectivity index (χ0) is 36.9. The fraction of sp³-hybridized carbons (Fsp3) is 0.500. The second kappa shape index (κ2) is 15.9. The van der Waals surface area contributed by atoms with Crippen LogP contribution in [0.15, 0.2) is 86.0 Å². The largest absolute Gasteiger partial charge is 0.455 e. The van der Waals surface area contributed by atoms with E-state index in [0.717, 1.165) is 0 Å². The number of carbonyl (C=O) groups is 4. The molecule has 3 aliphatic rings. The first-order valence-corrected chi connectivity index (χ1v) is 17.7. The second-order valence-electron chi connectivity index (χ2n) is 14.5. The Labute approximate surface area is 300 Å². The quantitative estimate of drug-likeness (QED) is 0.196. The number of rotatable bonds is 16. The molecular weight excluding hydrogens is 650 g/mol. The molecule has 2 aromatic carbocycles. The van der Waals surface area contributed by atoms with Gasteiger partial charge in [0.15, 0.2) is 0 Å². The predicted octanol–water partition coefficient (Wildman–Crippen LogP) is 4.29. The predicted molar refractivity (Wildman–Crippen MR) is 191 cm³/mol. The van der Waals surface area contributed by atoms with Crippen LogP contribution in [0, 0.1) is 11.8 Å². The summed E-state index contributed by atoms with van der Waals surface area (Å²) in [7, 11) is 1.50. The second-order valence-corrected chi connectivity index (χ2v) is 14.5. The SMILES string of the molecule is C=CCCC(=O)N[C@H](COC)[C@H](OC(=O)[C@@H]1[C@@H]2CC[C@]3(O2)[C@H](C(=O)N(CC=C)C(C)(C)C)N([C@H](CO)c2ccccc2)C(=O)[C@@H]13)c1ccccc1. The number of methoxy groups -OCH3 is 1. The van der Waals surface area contributed by atoms with Gasteiger partial charge in [-0.15, -0.1) is 13.2 Å². The third-order valence-electron chi connectivity index (χ3n) is 10.3. The van der Waals surface area contributed by atoms with Crippen LogP contribution < -0.4 is 5.32 Å². The van der Waals surface area contributed by atoms with Gasteiger partial charge in [-0.3, -0.25) is 19.2 Å². The van der Waals surface area contributed by atoms with Crippen molar-refractivity contribution in [1.82, 2.24) is 15.1 Å². The van der Waals surface area contributed by atoms with Crippen LogP contribution in [0.3, 0.4) is 0 Å². The normalized spacial score (nSPS) is 25.4. The van der Waals surface area contributed by atoms with Crippen LogP contribution in [0.1, 0.15) is 69.7 Å². The molecule has 0 unspecified atom stereocenters. The number of esters is 1. The highest BCUT2D eigenvalue weighted by molar-refractivity contribution is 5.98. The lowest BCUT2D eigenvalue weighted by atomic mass is 9.70. The van der Waals surface area contributed by atoms with E-state index in [1.54, 1.807) is 41.3 Å². The number of likely N-dealkylation sites (tertiary alicyclic amines) is 1. The maximum absolute atomic E-state index is 14.9. The Kier molecular flexibility index (Phi) is 11.8. The summed E-state index contributed by atoms with van der Waals surface area (Å²) in [6, 6.07) is 15.4. The van der Waals surface area contributed by atoms with Crippen molar-refractivity contribution in [3.63, 3.8) is 0 Å². The van der Waals surface area contributed by atoms with Crippen LogP contribution in [0.4, 0.5) is 0 Å². The number of nitrogens with one attached hydrogen (secondary N) is 1. The van der Waals surface area contributed by atoms with E-state index in [9.17, 15) is 24.3 Å². The first-order valence-electron chi connectivity index (χ1n) is 17.7. The van der Waals surface area contributed by atoms with Gasteiger partial charge in [-0.05, 0) is 51.2 Å². The van der Waals surface area contributed by atoms with Crippen molar-refractivity contribution in [2.24, 2.45) is 11.8 Å². The molecule has 8 atom stereocenters. The van der Waals surface area contributed by atoms with Gasteiger partial charge >= 0.3 is 5.97 Å². The van der Waals surface area contributed by atoms with Crippen LogP contribution in [0.25, 0.3) is 0 Å². The molecule has 3 aliphatic heterocycles. The Balaban J connectivity index is 1.56. The zero-order valence-corrected chi connectivity index (χ0v) is 30.0.